The maximum Gasteiger partial charge on any atom is 0.274 e. The average Bonchev–Trinajstić information content (AvgIpc) is 2.78. The zero-order valence-corrected chi connectivity index (χ0v) is 15.7. The van der Waals surface area contributed by atoms with Gasteiger partial charge in [0.15, 0.2) is 0 Å². The molecule has 1 amide bonds. The number of nitrogens with one attached hydrogen (secondary N) is 1. The zero-order chi connectivity index (χ0) is 18.5. The van der Waals surface area contributed by atoms with Crippen molar-refractivity contribution < 1.29 is 4.79 Å². The molecule has 2 aromatic heterocycles. The standard InChI is InChI=1S/C19H26N6O2/c1-12-20-19-21-15(7-17(26)25(19)22-12)10-23-9-14-5-6-16(11-23)24(18(14)27)8-13-3-2-4-13/h7,13-14,16H,2-6,8-11H2,1H3,(H,20,21,22)/t14-,16+/m0/s1. The van der Waals surface area contributed by atoms with Gasteiger partial charge in [0.05, 0.1) is 11.6 Å². The Hall–Kier alpha value is -2.22. The number of fused-ring (bicyclic) bond motifs is 5. The molecule has 0 radical (unpaired) electrons. The Labute approximate surface area is 157 Å². The predicted molar refractivity (Wildman–Crippen MR) is 99.2 cm³/mol. The van der Waals surface area contributed by atoms with Gasteiger partial charge in [-0.05, 0) is 38.5 Å². The van der Waals surface area contributed by atoms with Gasteiger partial charge in [0, 0.05) is 38.3 Å². The quantitative estimate of drug-likeness (QED) is 0.866. The van der Waals surface area contributed by atoms with E-state index < -0.39 is 0 Å². The van der Waals surface area contributed by atoms with Gasteiger partial charge in [0.25, 0.3) is 11.3 Å². The van der Waals surface area contributed by atoms with Gasteiger partial charge < -0.3 is 4.90 Å². The molecule has 0 aromatic carbocycles. The second kappa shape index (κ2) is 6.44. The number of carbonyl (C=O) groups excluding carboxylic acids is 1. The van der Waals surface area contributed by atoms with E-state index in [1.807, 2.05) is 6.92 Å². The molecule has 3 saturated heterocycles. The van der Waals surface area contributed by atoms with Crippen molar-refractivity contribution >= 4 is 11.7 Å². The number of hydrogen-bond donors (Lipinski definition) is 1. The van der Waals surface area contributed by atoms with Crippen LogP contribution in [0.4, 0.5) is 0 Å². The van der Waals surface area contributed by atoms with E-state index >= 15 is 0 Å². The first kappa shape index (κ1) is 16.9. The molecule has 2 aromatic rings. The summed E-state index contributed by atoms with van der Waals surface area (Å²) >= 11 is 0. The van der Waals surface area contributed by atoms with Gasteiger partial charge >= 0.3 is 0 Å². The van der Waals surface area contributed by atoms with Crippen LogP contribution >= 0.6 is 0 Å². The SMILES string of the molecule is Cc1nc2nc(CN3C[C@@H]4CC[C@H](C3)N(CC3CCC3)C4=O)cc(=O)n2[nH]1. The zero-order valence-electron chi connectivity index (χ0n) is 15.7. The third-order valence-electron chi connectivity index (χ3n) is 6.43. The largest absolute Gasteiger partial charge is 0.338 e. The molecule has 8 heteroatoms. The van der Waals surface area contributed by atoms with Crippen molar-refractivity contribution in [2.75, 3.05) is 19.6 Å². The molecule has 4 fully saturated rings. The molecule has 4 aliphatic rings. The molecule has 1 aliphatic carbocycles. The Balaban J connectivity index is 1.36. The summed E-state index contributed by atoms with van der Waals surface area (Å²) in [6.07, 6.45) is 5.91. The highest BCUT2D eigenvalue weighted by Gasteiger charge is 2.41. The summed E-state index contributed by atoms with van der Waals surface area (Å²) in [5.41, 5.74) is 0.585. The van der Waals surface area contributed by atoms with Gasteiger partial charge in [-0.25, -0.2) is 4.98 Å². The summed E-state index contributed by atoms with van der Waals surface area (Å²) in [5.74, 6) is 2.21. The van der Waals surface area contributed by atoms with Crippen LogP contribution in [-0.2, 0) is 11.3 Å². The molecule has 27 heavy (non-hydrogen) atoms. The molecule has 6 rings (SSSR count). The second-order valence-corrected chi connectivity index (χ2v) is 8.44. The molecule has 2 atom stereocenters. The minimum absolute atomic E-state index is 0.0845. The Morgan fingerprint density at radius 1 is 1.15 bits per heavy atom. The fourth-order valence-corrected chi connectivity index (χ4v) is 4.80. The topological polar surface area (TPSA) is 86.6 Å². The van der Waals surface area contributed by atoms with Crippen molar-refractivity contribution in [3.05, 3.63) is 27.9 Å². The van der Waals surface area contributed by atoms with Crippen LogP contribution in [0.25, 0.3) is 5.78 Å². The Kier molecular flexibility index (Phi) is 4.03. The predicted octanol–water partition coefficient (Wildman–Crippen LogP) is 0.949. The first-order chi connectivity index (χ1) is 13.1. The number of nitrogens with zero attached hydrogens (tertiary/aromatic N) is 5. The van der Waals surface area contributed by atoms with Crippen LogP contribution in [0.5, 0.6) is 0 Å². The molecule has 8 nitrogen and oxygen atoms in total. The first-order valence-electron chi connectivity index (χ1n) is 10.0. The first-order valence-corrected chi connectivity index (χ1v) is 10.0. The molecule has 0 unspecified atom stereocenters. The number of aromatic nitrogens is 4. The lowest BCUT2D eigenvalue weighted by Crippen LogP contribution is -2.50. The van der Waals surface area contributed by atoms with E-state index in [2.05, 4.69) is 24.9 Å². The maximum atomic E-state index is 12.9. The van der Waals surface area contributed by atoms with E-state index in [0.29, 0.717) is 36.0 Å². The van der Waals surface area contributed by atoms with E-state index in [0.717, 1.165) is 38.2 Å². The van der Waals surface area contributed by atoms with Crippen molar-refractivity contribution in [2.45, 2.75) is 51.6 Å². The van der Waals surface area contributed by atoms with Gasteiger partial charge in [0.2, 0.25) is 5.91 Å². The van der Waals surface area contributed by atoms with E-state index in [4.69, 9.17) is 0 Å². The summed E-state index contributed by atoms with van der Waals surface area (Å²) < 4.78 is 1.37. The number of piperidine rings is 1. The van der Waals surface area contributed by atoms with Crippen molar-refractivity contribution in [3.8, 4) is 0 Å². The molecule has 0 spiro atoms. The maximum absolute atomic E-state index is 12.9. The minimum atomic E-state index is -0.143. The van der Waals surface area contributed by atoms with Crippen molar-refractivity contribution in [1.29, 1.82) is 0 Å². The van der Waals surface area contributed by atoms with Gasteiger partial charge in [0.1, 0.15) is 5.82 Å². The summed E-state index contributed by atoms with van der Waals surface area (Å²) in [6, 6.07) is 1.88. The lowest BCUT2D eigenvalue weighted by atomic mass is 9.83. The number of amides is 1. The normalized spacial score (nSPS) is 26.6. The molecule has 5 heterocycles. The monoisotopic (exact) mass is 370 g/mol. The smallest absolute Gasteiger partial charge is 0.274 e. The molecule has 2 bridgehead atoms. The fourth-order valence-electron chi connectivity index (χ4n) is 4.80. The van der Waals surface area contributed by atoms with E-state index in [9.17, 15) is 9.59 Å². The molecule has 1 saturated carbocycles. The molecule has 144 valence electrons. The van der Waals surface area contributed by atoms with Crippen LogP contribution in [0, 0.1) is 18.8 Å². The van der Waals surface area contributed by atoms with Gasteiger partial charge in [-0.3, -0.25) is 19.6 Å². The molecule has 1 N–H and O–H groups in total. The highest BCUT2D eigenvalue weighted by molar-refractivity contribution is 5.80. The number of carbonyl (C=O) groups is 1. The number of rotatable bonds is 4. The number of aryl methyl sites for hydroxylation is 1. The Bertz CT molecular complexity index is 930. The Morgan fingerprint density at radius 2 is 2.00 bits per heavy atom. The van der Waals surface area contributed by atoms with Crippen molar-refractivity contribution in [1.82, 2.24) is 29.4 Å². The van der Waals surface area contributed by atoms with Crippen LogP contribution in [0.3, 0.4) is 0 Å². The number of aromatic amines is 1. The summed E-state index contributed by atoms with van der Waals surface area (Å²) in [6.45, 7) is 4.97. The van der Waals surface area contributed by atoms with Gasteiger partial charge in [-0.2, -0.15) is 9.50 Å². The average molecular weight is 370 g/mol. The van der Waals surface area contributed by atoms with E-state index in [1.165, 1.54) is 23.8 Å². The summed E-state index contributed by atoms with van der Waals surface area (Å²) in [7, 11) is 0. The van der Waals surface area contributed by atoms with Crippen LogP contribution < -0.4 is 5.56 Å². The van der Waals surface area contributed by atoms with Crippen molar-refractivity contribution in [3.63, 3.8) is 0 Å². The fraction of sp³-hybridized carbons (Fsp3) is 0.684. The number of hydrogen-bond acceptors (Lipinski definition) is 5. The van der Waals surface area contributed by atoms with Crippen molar-refractivity contribution in [2.24, 2.45) is 11.8 Å². The third kappa shape index (κ3) is 3.05. The third-order valence-corrected chi connectivity index (χ3v) is 6.43. The second-order valence-electron chi connectivity index (χ2n) is 8.44. The van der Waals surface area contributed by atoms with Crippen LogP contribution in [0.2, 0.25) is 0 Å². The van der Waals surface area contributed by atoms with Gasteiger partial charge in [-0.15, -0.1) is 0 Å². The minimum Gasteiger partial charge on any atom is -0.338 e. The lowest BCUT2D eigenvalue weighted by molar-refractivity contribution is -0.141. The molecular weight excluding hydrogens is 344 g/mol. The van der Waals surface area contributed by atoms with Crippen LogP contribution in [-0.4, -0.2) is 61.0 Å². The van der Waals surface area contributed by atoms with E-state index in [-0.39, 0.29) is 11.5 Å². The number of H-pyrrole nitrogens is 1. The molecule has 3 aliphatic heterocycles. The highest BCUT2D eigenvalue weighted by Crippen LogP contribution is 2.34. The summed E-state index contributed by atoms with van der Waals surface area (Å²) in [5, 5.41) is 2.90. The Morgan fingerprint density at radius 3 is 2.78 bits per heavy atom. The molecular formula is C19H26N6O2. The van der Waals surface area contributed by atoms with Gasteiger partial charge in [-0.1, -0.05) is 6.42 Å². The van der Waals surface area contributed by atoms with Crippen LogP contribution in [0.1, 0.15) is 43.6 Å². The van der Waals surface area contributed by atoms with Crippen LogP contribution in [0.15, 0.2) is 10.9 Å². The summed E-state index contributed by atoms with van der Waals surface area (Å²) in [4.78, 5) is 38.5. The highest BCUT2D eigenvalue weighted by atomic mass is 16.2. The lowest BCUT2D eigenvalue weighted by Gasteiger charge is -2.40. The van der Waals surface area contributed by atoms with E-state index in [1.54, 1.807) is 6.07 Å².